The molecule has 3 aromatic rings. The third kappa shape index (κ3) is 4.81. The van der Waals surface area contributed by atoms with Crippen molar-refractivity contribution in [2.24, 2.45) is 0 Å². The number of Topliss-reactive ketones (excluding diaryl/α,β-unsaturated/α-hetero) is 1. The number of carbonyl (C=O) groups is 3. The Kier molecular flexibility index (Phi) is 7.68. The first-order valence-electron chi connectivity index (χ1n) is 12.3. The third-order valence-corrected chi connectivity index (χ3v) is 7.61. The smallest absolute Gasteiger partial charge is 0.350 e. The van der Waals surface area contributed by atoms with Crippen molar-refractivity contribution < 1.29 is 29.0 Å². The predicted octanol–water partition coefficient (Wildman–Crippen LogP) is 5.69. The molecule has 1 fully saturated rings. The Balaban J connectivity index is 1.91. The summed E-state index contributed by atoms with van der Waals surface area (Å²) in [5, 5.41) is 11.6. The molecule has 1 amide bonds. The van der Waals surface area contributed by atoms with Crippen LogP contribution in [0.25, 0.3) is 5.76 Å². The van der Waals surface area contributed by atoms with E-state index in [0.717, 1.165) is 22.5 Å². The molecule has 0 spiro atoms. The minimum atomic E-state index is -0.945. The highest BCUT2D eigenvalue weighted by Gasteiger charge is 2.48. The predicted molar refractivity (Wildman–Crippen MR) is 146 cm³/mol. The number of hydrogen-bond acceptors (Lipinski definition) is 8. The molecule has 8 nitrogen and oxygen atoms in total. The quantitative estimate of drug-likeness (QED) is 0.179. The van der Waals surface area contributed by atoms with Gasteiger partial charge in [-0.2, -0.15) is 0 Å². The summed E-state index contributed by atoms with van der Waals surface area (Å²) in [5.41, 5.74) is 3.22. The molecular weight excluding hydrogens is 504 g/mol. The second-order valence-electron chi connectivity index (χ2n) is 9.31. The first-order chi connectivity index (χ1) is 18.1. The Morgan fingerprint density at radius 1 is 1.13 bits per heavy atom. The molecule has 9 heteroatoms. The first-order valence-corrected chi connectivity index (χ1v) is 13.1. The number of aliphatic hydroxyl groups excluding tert-OH is 1. The number of ketones is 1. The maximum Gasteiger partial charge on any atom is 0.350 e. The molecule has 198 valence electrons. The SMILES string of the molecule is CCOc1ccc(C(O)=C2C(=O)C(=O)N(c3nc(C)c(C(=O)OC)s3)[C@@H]2c2ccc(C(C)C)cc2)cc1C. The first kappa shape index (κ1) is 27.1. The minimum Gasteiger partial charge on any atom is -0.507 e. The van der Waals surface area contributed by atoms with Crippen LogP contribution in [-0.4, -0.2) is 41.5 Å². The van der Waals surface area contributed by atoms with E-state index < -0.39 is 23.7 Å². The van der Waals surface area contributed by atoms with Gasteiger partial charge in [0.2, 0.25) is 0 Å². The van der Waals surface area contributed by atoms with Crippen LogP contribution in [0.2, 0.25) is 0 Å². The number of rotatable bonds is 7. The van der Waals surface area contributed by atoms with E-state index in [1.54, 1.807) is 25.1 Å². The molecule has 2 heterocycles. The molecule has 0 aliphatic carbocycles. The Hall–Kier alpha value is -3.98. The van der Waals surface area contributed by atoms with Crippen molar-refractivity contribution in [1.82, 2.24) is 4.98 Å². The number of carbonyl (C=O) groups excluding carboxylic acids is 3. The van der Waals surface area contributed by atoms with Gasteiger partial charge in [-0.1, -0.05) is 49.4 Å². The van der Waals surface area contributed by atoms with E-state index in [1.165, 1.54) is 12.0 Å². The lowest BCUT2D eigenvalue weighted by atomic mass is 9.93. The van der Waals surface area contributed by atoms with Gasteiger partial charge in [0, 0.05) is 5.56 Å². The van der Waals surface area contributed by atoms with Crippen LogP contribution in [0.5, 0.6) is 5.75 Å². The van der Waals surface area contributed by atoms with Crippen LogP contribution in [-0.2, 0) is 14.3 Å². The van der Waals surface area contributed by atoms with Gasteiger partial charge in [0.05, 0.1) is 31.0 Å². The lowest BCUT2D eigenvalue weighted by Gasteiger charge is -2.23. The number of methoxy groups -OCH3 is 1. The molecule has 1 saturated heterocycles. The van der Waals surface area contributed by atoms with Gasteiger partial charge in [0.1, 0.15) is 16.4 Å². The minimum absolute atomic E-state index is 0.0525. The van der Waals surface area contributed by atoms with Crippen LogP contribution in [0.4, 0.5) is 5.13 Å². The highest BCUT2D eigenvalue weighted by molar-refractivity contribution is 7.17. The average Bonchev–Trinajstić information content (AvgIpc) is 3.41. The maximum atomic E-state index is 13.5. The van der Waals surface area contributed by atoms with Crippen LogP contribution in [0.1, 0.15) is 70.4 Å². The van der Waals surface area contributed by atoms with Crippen molar-refractivity contribution in [3.05, 3.63) is 80.9 Å². The maximum absolute atomic E-state index is 13.5. The number of benzene rings is 2. The molecule has 1 N–H and O–H groups in total. The molecule has 0 radical (unpaired) electrons. The topological polar surface area (TPSA) is 106 Å². The number of thiazole rings is 1. The highest BCUT2D eigenvalue weighted by atomic mass is 32.1. The lowest BCUT2D eigenvalue weighted by molar-refractivity contribution is -0.132. The van der Waals surface area contributed by atoms with Crippen molar-refractivity contribution in [3.63, 3.8) is 0 Å². The average molecular weight is 535 g/mol. The second-order valence-corrected chi connectivity index (χ2v) is 10.3. The summed E-state index contributed by atoms with van der Waals surface area (Å²) in [7, 11) is 1.27. The van der Waals surface area contributed by atoms with E-state index in [4.69, 9.17) is 9.47 Å². The highest BCUT2D eigenvalue weighted by Crippen LogP contribution is 2.44. The van der Waals surface area contributed by atoms with Gasteiger partial charge in [-0.25, -0.2) is 9.78 Å². The van der Waals surface area contributed by atoms with Gasteiger partial charge in [-0.05, 0) is 61.6 Å². The molecule has 4 rings (SSSR count). The van der Waals surface area contributed by atoms with Gasteiger partial charge in [-0.3, -0.25) is 14.5 Å². The Morgan fingerprint density at radius 3 is 2.39 bits per heavy atom. The van der Waals surface area contributed by atoms with E-state index in [0.29, 0.717) is 29.2 Å². The number of esters is 1. The van der Waals surface area contributed by atoms with E-state index in [-0.39, 0.29) is 27.3 Å². The number of ether oxygens (including phenoxy) is 2. The molecule has 1 aromatic heterocycles. The van der Waals surface area contributed by atoms with Crippen molar-refractivity contribution in [2.45, 2.75) is 46.6 Å². The monoisotopic (exact) mass is 534 g/mol. The zero-order valence-electron chi connectivity index (χ0n) is 22.2. The fraction of sp³-hybridized carbons (Fsp3) is 0.310. The zero-order valence-corrected chi connectivity index (χ0v) is 23.0. The molecule has 1 aliphatic heterocycles. The number of aryl methyl sites for hydroxylation is 2. The summed E-state index contributed by atoms with van der Waals surface area (Å²) in [4.78, 5) is 45.1. The number of amides is 1. The van der Waals surface area contributed by atoms with Gasteiger partial charge in [0.15, 0.2) is 5.13 Å². The zero-order chi connectivity index (χ0) is 27.7. The van der Waals surface area contributed by atoms with Crippen molar-refractivity contribution in [1.29, 1.82) is 0 Å². The van der Waals surface area contributed by atoms with Crippen molar-refractivity contribution in [3.8, 4) is 5.75 Å². The number of aliphatic hydroxyl groups is 1. The van der Waals surface area contributed by atoms with E-state index in [1.807, 2.05) is 38.1 Å². The van der Waals surface area contributed by atoms with Gasteiger partial charge < -0.3 is 14.6 Å². The summed E-state index contributed by atoms with van der Waals surface area (Å²) in [6, 6.07) is 11.7. The number of hydrogen-bond donors (Lipinski definition) is 1. The summed E-state index contributed by atoms with van der Waals surface area (Å²) in [5.74, 6) is -1.59. The summed E-state index contributed by atoms with van der Waals surface area (Å²) < 4.78 is 10.4. The van der Waals surface area contributed by atoms with Crippen molar-refractivity contribution in [2.75, 3.05) is 18.6 Å². The van der Waals surface area contributed by atoms with Crippen molar-refractivity contribution >= 4 is 39.9 Å². The fourth-order valence-electron chi connectivity index (χ4n) is 4.45. The molecule has 0 unspecified atom stereocenters. The lowest BCUT2D eigenvalue weighted by Crippen LogP contribution is -2.29. The molecule has 2 aromatic carbocycles. The number of anilines is 1. The molecule has 1 atom stereocenters. The summed E-state index contributed by atoms with van der Waals surface area (Å²) >= 11 is 0.968. The number of nitrogens with zero attached hydrogens (tertiary/aromatic N) is 2. The van der Waals surface area contributed by atoms with Crippen LogP contribution >= 0.6 is 11.3 Å². The second kappa shape index (κ2) is 10.8. The van der Waals surface area contributed by atoms with Crippen LogP contribution < -0.4 is 9.64 Å². The fourth-order valence-corrected chi connectivity index (χ4v) is 5.46. The van der Waals surface area contributed by atoms with Gasteiger partial charge >= 0.3 is 11.9 Å². The Labute approximate surface area is 225 Å². The van der Waals surface area contributed by atoms with E-state index in [9.17, 15) is 19.5 Å². The molecule has 1 aliphatic rings. The third-order valence-electron chi connectivity index (χ3n) is 6.47. The number of aromatic nitrogens is 1. The van der Waals surface area contributed by atoms with Gasteiger partial charge in [0.25, 0.3) is 5.78 Å². The van der Waals surface area contributed by atoms with E-state index >= 15 is 0 Å². The molecule has 0 bridgehead atoms. The molecule has 38 heavy (non-hydrogen) atoms. The van der Waals surface area contributed by atoms with Gasteiger partial charge in [-0.15, -0.1) is 0 Å². The summed E-state index contributed by atoms with van der Waals surface area (Å²) in [6.45, 7) is 9.99. The Bertz CT molecular complexity index is 1440. The Morgan fingerprint density at radius 2 is 1.82 bits per heavy atom. The molecular formula is C29H30N2O6S. The molecule has 0 saturated carbocycles. The van der Waals surface area contributed by atoms with E-state index in [2.05, 4.69) is 18.8 Å². The largest absolute Gasteiger partial charge is 0.507 e. The van der Waals surface area contributed by atoms with Crippen LogP contribution in [0, 0.1) is 13.8 Å². The summed E-state index contributed by atoms with van der Waals surface area (Å²) in [6.07, 6.45) is 0. The standard InChI is InChI=1S/C29H30N2O6S/c1-7-37-21-13-12-20(14-16(21)4)24(32)22-23(19-10-8-18(9-11-19)15(2)3)31(27(34)25(22)33)29-30-17(5)26(38-29)28(35)36-6/h8-15,23,32H,7H2,1-6H3/t23-/m1/s1. The van der Waals surface area contributed by atoms with Crippen LogP contribution in [0.3, 0.4) is 0 Å². The normalized spacial score (nSPS) is 16.8. The van der Waals surface area contributed by atoms with Crippen LogP contribution in [0.15, 0.2) is 48.0 Å².